The van der Waals surface area contributed by atoms with E-state index in [2.05, 4.69) is 4.74 Å². The molecule has 0 unspecified atom stereocenters. The zero-order valence-electron chi connectivity index (χ0n) is 10.9. The summed E-state index contributed by atoms with van der Waals surface area (Å²) in [6, 6.07) is 7.41. The van der Waals surface area contributed by atoms with Crippen molar-refractivity contribution in [1.82, 2.24) is 0 Å². The molecular weight excluding hydrogens is 282 g/mol. The number of hydrogen-bond acceptors (Lipinski definition) is 3. The molecule has 0 aliphatic rings. The number of ether oxygens (including phenoxy) is 1. The average molecular weight is 294 g/mol. The number of benzene rings is 1. The van der Waals surface area contributed by atoms with Gasteiger partial charge in [0.1, 0.15) is 0 Å². The standard InChI is InChI=1S/C15H12F2O2S/c1-9(7-15(18)19-2)13-5-6-14(20-13)10-3-4-11(16)12(17)8-10/h3-8H,1-2H3/b9-7+. The molecule has 0 amide bonds. The molecule has 5 heteroatoms. The van der Waals surface area contributed by atoms with Gasteiger partial charge >= 0.3 is 5.97 Å². The minimum absolute atomic E-state index is 0.426. The van der Waals surface area contributed by atoms with Crippen molar-refractivity contribution in [2.45, 2.75) is 6.92 Å². The largest absolute Gasteiger partial charge is 0.466 e. The van der Waals surface area contributed by atoms with Gasteiger partial charge in [0.05, 0.1) is 7.11 Å². The minimum atomic E-state index is -0.876. The molecule has 2 nitrogen and oxygen atoms in total. The number of carbonyl (C=O) groups is 1. The van der Waals surface area contributed by atoms with Crippen molar-refractivity contribution in [3.8, 4) is 10.4 Å². The lowest BCUT2D eigenvalue weighted by Crippen LogP contribution is -1.94. The van der Waals surface area contributed by atoms with Gasteiger partial charge in [-0.2, -0.15) is 0 Å². The van der Waals surface area contributed by atoms with E-state index in [1.807, 2.05) is 6.07 Å². The number of thiophene rings is 1. The lowest BCUT2D eigenvalue weighted by molar-refractivity contribution is -0.134. The van der Waals surface area contributed by atoms with Crippen LogP contribution in [0.5, 0.6) is 0 Å². The smallest absolute Gasteiger partial charge is 0.330 e. The van der Waals surface area contributed by atoms with E-state index in [1.165, 1.54) is 30.6 Å². The summed E-state index contributed by atoms with van der Waals surface area (Å²) < 4.78 is 30.7. The van der Waals surface area contributed by atoms with Crippen molar-refractivity contribution in [2.24, 2.45) is 0 Å². The quantitative estimate of drug-likeness (QED) is 0.624. The lowest BCUT2D eigenvalue weighted by atomic mass is 10.2. The van der Waals surface area contributed by atoms with Crippen molar-refractivity contribution in [2.75, 3.05) is 7.11 Å². The van der Waals surface area contributed by atoms with Crippen LogP contribution in [0.15, 0.2) is 36.4 Å². The molecule has 0 saturated heterocycles. The molecule has 20 heavy (non-hydrogen) atoms. The van der Waals surface area contributed by atoms with Crippen molar-refractivity contribution < 1.29 is 18.3 Å². The molecule has 0 N–H and O–H groups in total. The van der Waals surface area contributed by atoms with E-state index in [9.17, 15) is 13.6 Å². The van der Waals surface area contributed by atoms with Crippen LogP contribution in [0.1, 0.15) is 11.8 Å². The fourth-order valence-electron chi connectivity index (χ4n) is 1.66. The zero-order chi connectivity index (χ0) is 14.7. The van der Waals surface area contributed by atoms with Gasteiger partial charge in [-0.1, -0.05) is 6.07 Å². The first-order valence-electron chi connectivity index (χ1n) is 5.83. The Bertz CT molecular complexity index is 674. The Kier molecular flexibility index (Phi) is 4.29. The van der Waals surface area contributed by atoms with Gasteiger partial charge < -0.3 is 4.74 Å². The van der Waals surface area contributed by atoms with Crippen LogP contribution in [0, 0.1) is 11.6 Å². The van der Waals surface area contributed by atoms with E-state index in [-0.39, 0.29) is 0 Å². The molecule has 0 aliphatic heterocycles. The number of rotatable bonds is 3. The number of allylic oxidation sites excluding steroid dienone is 1. The predicted molar refractivity (Wildman–Crippen MR) is 75.3 cm³/mol. The Hall–Kier alpha value is -2.01. The topological polar surface area (TPSA) is 26.3 Å². The van der Waals surface area contributed by atoms with E-state index in [4.69, 9.17) is 0 Å². The molecule has 1 aromatic carbocycles. The summed E-state index contributed by atoms with van der Waals surface area (Å²) in [6.07, 6.45) is 1.39. The Morgan fingerprint density at radius 2 is 1.95 bits per heavy atom. The first kappa shape index (κ1) is 14.4. The van der Waals surface area contributed by atoms with Gasteiger partial charge in [0.2, 0.25) is 0 Å². The Balaban J connectivity index is 2.31. The first-order chi connectivity index (χ1) is 9.51. The van der Waals surface area contributed by atoms with E-state index in [0.29, 0.717) is 5.56 Å². The van der Waals surface area contributed by atoms with Crippen LogP contribution in [-0.4, -0.2) is 13.1 Å². The van der Waals surface area contributed by atoms with Crippen LogP contribution in [0.25, 0.3) is 16.0 Å². The van der Waals surface area contributed by atoms with Crippen LogP contribution in [0.4, 0.5) is 8.78 Å². The van der Waals surface area contributed by atoms with Crippen LogP contribution >= 0.6 is 11.3 Å². The van der Waals surface area contributed by atoms with Gasteiger partial charge in [0.15, 0.2) is 11.6 Å². The van der Waals surface area contributed by atoms with Gasteiger partial charge in [-0.25, -0.2) is 13.6 Å². The molecule has 0 fully saturated rings. The number of carbonyl (C=O) groups excluding carboxylic acids is 1. The summed E-state index contributed by atoms with van der Waals surface area (Å²) in [4.78, 5) is 12.8. The highest BCUT2D eigenvalue weighted by molar-refractivity contribution is 7.16. The molecule has 0 atom stereocenters. The highest BCUT2D eigenvalue weighted by Gasteiger charge is 2.08. The summed E-state index contributed by atoms with van der Waals surface area (Å²) in [7, 11) is 1.31. The number of esters is 1. The molecule has 0 bridgehead atoms. The SMILES string of the molecule is COC(=O)/C=C(\C)c1ccc(-c2ccc(F)c(F)c2)s1. The van der Waals surface area contributed by atoms with Gasteiger partial charge in [0.25, 0.3) is 0 Å². The maximum atomic E-state index is 13.2. The third-order valence-corrected chi connectivity index (χ3v) is 4.00. The Labute approximate surface area is 119 Å². The van der Waals surface area contributed by atoms with Crippen molar-refractivity contribution >= 4 is 22.9 Å². The number of hydrogen-bond donors (Lipinski definition) is 0. The third-order valence-electron chi connectivity index (χ3n) is 2.73. The zero-order valence-corrected chi connectivity index (χ0v) is 11.8. The maximum absolute atomic E-state index is 13.2. The summed E-state index contributed by atoms with van der Waals surface area (Å²) in [6.45, 7) is 1.79. The van der Waals surface area contributed by atoms with E-state index in [1.54, 1.807) is 13.0 Å². The number of methoxy groups -OCH3 is 1. The van der Waals surface area contributed by atoms with Crippen LogP contribution < -0.4 is 0 Å². The summed E-state index contributed by atoms with van der Waals surface area (Å²) in [5, 5.41) is 0. The normalized spacial score (nSPS) is 11.5. The molecular formula is C15H12F2O2S. The summed E-state index contributed by atoms with van der Waals surface area (Å²) in [5.41, 5.74) is 1.36. The van der Waals surface area contributed by atoms with E-state index in [0.717, 1.165) is 27.5 Å². The van der Waals surface area contributed by atoms with Crippen LogP contribution in [-0.2, 0) is 9.53 Å². The molecule has 1 aromatic heterocycles. The molecule has 1 heterocycles. The Morgan fingerprint density at radius 1 is 1.20 bits per heavy atom. The van der Waals surface area contributed by atoms with Crippen molar-refractivity contribution in [3.63, 3.8) is 0 Å². The maximum Gasteiger partial charge on any atom is 0.330 e. The van der Waals surface area contributed by atoms with Gasteiger partial charge in [0, 0.05) is 15.8 Å². The second kappa shape index (κ2) is 5.96. The molecule has 104 valence electrons. The van der Waals surface area contributed by atoms with Crippen LogP contribution in [0.3, 0.4) is 0 Å². The fraction of sp³-hybridized carbons (Fsp3) is 0.133. The monoisotopic (exact) mass is 294 g/mol. The summed E-state index contributed by atoms with van der Waals surface area (Å²) >= 11 is 1.40. The number of halogens is 2. The van der Waals surface area contributed by atoms with Gasteiger partial charge in [-0.3, -0.25) is 0 Å². The average Bonchev–Trinajstić information content (AvgIpc) is 2.91. The van der Waals surface area contributed by atoms with Crippen LogP contribution in [0.2, 0.25) is 0 Å². The highest BCUT2D eigenvalue weighted by Crippen LogP contribution is 2.32. The molecule has 2 rings (SSSR count). The molecule has 0 saturated carbocycles. The van der Waals surface area contributed by atoms with Crippen molar-refractivity contribution in [1.29, 1.82) is 0 Å². The minimum Gasteiger partial charge on any atom is -0.466 e. The highest BCUT2D eigenvalue weighted by atomic mass is 32.1. The van der Waals surface area contributed by atoms with E-state index >= 15 is 0 Å². The predicted octanol–water partition coefficient (Wildman–Crippen LogP) is 4.27. The molecule has 0 radical (unpaired) electrons. The third kappa shape index (κ3) is 3.11. The van der Waals surface area contributed by atoms with Crippen molar-refractivity contribution in [3.05, 3.63) is 52.9 Å². The summed E-state index contributed by atoms with van der Waals surface area (Å²) in [5.74, 6) is -2.17. The fourth-order valence-corrected chi connectivity index (χ4v) is 2.64. The lowest BCUT2D eigenvalue weighted by Gasteiger charge is -1.99. The second-order valence-electron chi connectivity index (χ2n) is 4.14. The van der Waals surface area contributed by atoms with E-state index < -0.39 is 17.6 Å². The molecule has 2 aromatic rings. The first-order valence-corrected chi connectivity index (χ1v) is 6.65. The molecule has 0 aliphatic carbocycles. The second-order valence-corrected chi connectivity index (χ2v) is 5.23. The Morgan fingerprint density at radius 3 is 2.60 bits per heavy atom. The van der Waals surface area contributed by atoms with Gasteiger partial charge in [-0.15, -0.1) is 11.3 Å². The molecule has 0 spiro atoms. The van der Waals surface area contributed by atoms with Gasteiger partial charge in [-0.05, 0) is 42.3 Å².